The molecule has 0 radical (unpaired) electrons. The summed E-state index contributed by atoms with van der Waals surface area (Å²) in [5, 5.41) is 0. The minimum absolute atomic E-state index is 0.139. The van der Waals surface area contributed by atoms with E-state index >= 15 is 0 Å². The first-order valence-corrected chi connectivity index (χ1v) is 7.53. The van der Waals surface area contributed by atoms with Crippen LogP contribution >= 0.6 is 11.8 Å². The molecule has 0 amide bonds. The van der Waals surface area contributed by atoms with Gasteiger partial charge in [-0.15, -0.1) is 0 Å². The van der Waals surface area contributed by atoms with Crippen molar-refractivity contribution in [1.82, 2.24) is 0 Å². The first-order chi connectivity index (χ1) is 8.79. The molecule has 2 atom stereocenters. The number of ether oxygens (including phenoxy) is 2. The average Bonchev–Trinajstić information content (AvgIpc) is 2.46. The summed E-state index contributed by atoms with van der Waals surface area (Å²) in [6.45, 7) is 0.839. The molecule has 18 heavy (non-hydrogen) atoms. The molecule has 1 aliphatic heterocycles. The molecule has 1 saturated heterocycles. The van der Waals surface area contributed by atoms with Gasteiger partial charge in [0.05, 0.1) is 19.8 Å². The number of nitrogens with two attached hydrogens (primary N) is 1. The van der Waals surface area contributed by atoms with Gasteiger partial charge in [-0.05, 0) is 30.5 Å². The van der Waals surface area contributed by atoms with Crippen molar-refractivity contribution < 1.29 is 9.47 Å². The van der Waals surface area contributed by atoms with E-state index in [1.54, 1.807) is 7.11 Å². The molecule has 1 aromatic carbocycles. The standard InChI is InChI=1S/C14H21NO2S/c1-16-12-5-2-11(3-6-12)4-7-13(15)14-10-18-9-8-17-14/h2-3,5-6,13-14H,4,7-10,15H2,1H3. The predicted molar refractivity (Wildman–Crippen MR) is 76.4 cm³/mol. The molecule has 100 valence electrons. The smallest absolute Gasteiger partial charge is 0.118 e. The zero-order valence-electron chi connectivity index (χ0n) is 10.8. The third kappa shape index (κ3) is 3.90. The molecule has 0 saturated carbocycles. The van der Waals surface area contributed by atoms with Crippen LogP contribution in [-0.4, -0.2) is 37.4 Å². The Labute approximate surface area is 113 Å². The fourth-order valence-electron chi connectivity index (χ4n) is 2.06. The largest absolute Gasteiger partial charge is 0.497 e. The Morgan fingerprint density at radius 1 is 1.44 bits per heavy atom. The van der Waals surface area contributed by atoms with Gasteiger partial charge in [0, 0.05) is 17.5 Å². The molecule has 1 fully saturated rings. The molecule has 2 unspecified atom stereocenters. The van der Waals surface area contributed by atoms with Crippen molar-refractivity contribution in [3.8, 4) is 5.75 Å². The van der Waals surface area contributed by atoms with Crippen molar-refractivity contribution in [1.29, 1.82) is 0 Å². The predicted octanol–water partition coefficient (Wildman–Crippen LogP) is 2.09. The van der Waals surface area contributed by atoms with Gasteiger partial charge in [-0.3, -0.25) is 0 Å². The Hall–Kier alpha value is -0.710. The second-order valence-electron chi connectivity index (χ2n) is 4.53. The second-order valence-corrected chi connectivity index (χ2v) is 5.68. The zero-order chi connectivity index (χ0) is 12.8. The Morgan fingerprint density at radius 3 is 2.83 bits per heavy atom. The first kappa shape index (κ1) is 13.7. The van der Waals surface area contributed by atoms with Crippen LogP contribution in [0.2, 0.25) is 0 Å². The molecule has 1 heterocycles. The monoisotopic (exact) mass is 267 g/mol. The molecule has 2 N–H and O–H groups in total. The van der Waals surface area contributed by atoms with E-state index in [9.17, 15) is 0 Å². The number of rotatable bonds is 5. The van der Waals surface area contributed by atoms with Crippen LogP contribution in [0.1, 0.15) is 12.0 Å². The van der Waals surface area contributed by atoms with Crippen LogP contribution in [0.3, 0.4) is 0 Å². The summed E-state index contributed by atoms with van der Waals surface area (Å²) < 4.78 is 10.8. The minimum atomic E-state index is 0.139. The molecule has 4 heteroatoms. The van der Waals surface area contributed by atoms with Crippen molar-refractivity contribution in [3.05, 3.63) is 29.8 Å². The fourth-order valence-corrected chi connectivity index (χ4v) is 3.02. The SMILES string of the molecule is COc1ccc(CCC(N)C2CSCCO2)cc1. The lowest BCUT2D eigenvalue weighted by molar-refractivity contribution is 0.0552. The highest BCUT2D eigenvalue weighted by atomic mass is 32.2. The minimum Gasteiger partial charge on any atom is -0.497 e. The highest BCUT2D eigenvalue weighted by Crippen LogP contribution is 2.18. The fraction of sp³-hybridized carbons (Fsp3) is 0.571. The van der Waals surface area contributed by atoms with E-state index in [4.69, 9.17) is 15.2 Å². The Morgan fingerprint density at radius 2 is 2.22 bits per heavy atom. The molecule has 1 aliphatic rings. The summed E-state index contributed by atoms with van der Waals surface area (Å²) in [6, 6.07) is 8.33. The third-order valence-corrected chi connectivity index (χ3v) is 4.26. The molecule has 0 aromatic heterocycles. The van der Waals surface area contributed by atoms with Crippen molar-refractivity contribution in [2.75, 3.05) is 25.2 Å². The van der Waals surface area contributed by atoms with E-state index in [1.807, 2.05) is 23.9 Å². The van der Waals surface area contributed by atoms with Gasteiger partial charge in [-0.2, -0.15) is 11.8 Å². The quantitative estimate of drug-likeness (QED) is 0.887. The number of hydrogen-bond donors (Lipinski definition) is 1. The van der Waals surface area contributed by atoms with Crippen molar-refractivity contribution in [2.24, 2.45) is 5.73 Å². The van der Waals surface area contributed by atoms with Gasteiger partial charge in [0.25, 0.3) is 0 Å². The van der Waals surface area contributed by atoms with Crippen LogP contribution in [0.4, 0.5) is 0 Å². The van der Waals surface area contributed by atoms with Crippen molar-refractivity contribution in [3.63, 3.8) is 0 Å². The number of methoxy groups -OCH3 is 1. The lowest BCUT2D eigenvalue weighted by Crippen LogP contribution is -2.41. The molecule has 0 aliphatic carbocycles. The summed E-state index contributed by atoms with van der Waals surface area (Å²) >= 11 is 1.94. The summed E-state index contributed by atoms with van der Waals surface area (Å²) in [5.74, 6) is 3.03. The Bertz CT molecular complexity index is 349. The Kier molecular flexibility index (Phi) is 5.35. The van der Waals surface area contributed by atoms with Crippen LogP contribution in [0.15, 0.2) is 24.3 Å². The number of aryl methyl sites for hydroxylation is 1. The highest BCUT2D eigenvalue weighted by molar-refractivity contribution is 7.99. The van der Waals surface area contributed by atoms with Crippen LogP contribution < -0.4 is 10.5 Å². The van der Waals surface area contributed by atoms with Gasteiger partial charge < -0.3 is 15.2 Å². The van der Waals surface area contributed by atoms with E-state index in [0.717, 1.165) is 36.7 Å². The first-order valence-electron chi connectivity index (χ1n) is 6.37. The molecule has 0 bridgehead atoms. The highest BCUT2D eigenvalue weighted by Gasteiger charge is 2.21. The summed E-state index contributed by atoms with van der Waals surface area (Å²) in [5.41, 5.74) is 7.49. The van der Waals surface area contributed by atoms with E-state index < -0.39 is 0 Å². The summed E-state index contributed by atoms with van der Waals surface area (Å²) in [4.78, 5) is 0. The van der Waals surface area contributed by atoms with Gasteiger partial charge in [-0.25, -0.2) is 0 Å². The maximum atomic E-state index is 6.19. The number of benzene rings is 1. The molecular weight excluding hydrogens is 246 g/mol. The average molecular weight is 267 g/mol. The molecule has 3 nitrogen and oxygen atoms in total. The number of hydrogen-bond acceptors (Lipinski definition) is 4. The maximum Gasteiger partial charge on any atom is 0.118 e. The van der Waals surface area contributed by atoms with Gasteiger partial charge >= 0.3 is 0 Å². The van der Waals surface area contributed by atoms with Gasteiger partial charge in [0.15, 0.2) is 0 Å². The maximum absolute atomic E-state index is 6.19. The van der Waals surface area contributed by atoms with E-state index in [0.29, 0.717) is 0 Å². The Balaban J connectivity index is 1.78. The number of thioether (sulfide) groups is 1. The van der Waals surface area contributed by atoms with Crippen LogP contribution in [0, 0.1) is 0 Å². The van der Waals surface area contributed by atoms with Gasteiger partial charge in [0.1, 0.15) is 5.75 Å². The normalized spacial score (nSPS) is 21.6. The van der Waals surface area contributed by atoms with Gasteiger partial charge in [0.2, 0.25) is 0 Å². The summed E-state index contributed by atoms with van der Waals surface area (Å²) in [7, 11) is 1.68. The van der Waals surface area contributed by atoms with E-state index in [1.165, 1.54) is 5.56 Å². The summed E-state index contributed by atoms with van der Waals surface area (Å²) in [6.07, 6.45) is 2.19. The molecule has 0 spiro atoms. The van der Waals surface area contributed by atoms with Gasteiger partial charge in [-0.1, -0.05) is 12.1 Å². The lowest BCUT2D eigenvalue weighted by atomic mass is 10.0. The van der Waals surface area contributed by atoms with Crippen molar-refractivity contribution >= 4 is 11.8 Å². The zero-order valence-corrected chi connectivity index (χ0v) is 11.6. The van der Waals surface area contributed by atoms with E-state index in [2.05, 4.69) is 12.1 Å². The van der Waals surface area contributed by atoms with E-state index in [-0.39, 0.29) is 12.1 Å². The van der Waals surface area contributed by atoms with Crippen LogP contribution in [0.25, 0.3) is 0 Å². The molecule has 2 rings (SSSR count). The second kappa shape index (κ2) is 7.02. The van der Waals surface area contributed by atoms with Crippen LogP contribution in [0.5, 0.6) is 5.75 Å². The lowest BCUT2D eigenvalue weighted by Gasteiger charge is -2.27. The third-order valence-electron chi connectivity index (χ3n) is 3.24. The van der Waals surface area contributed by atoms with Crippen LogP contribution in [-0.2, 0) is 11.2 Å². The molecule has 1 aromatic rings. The van der Waals surface area contributed by atoms with Crippen molar-refractivity contribution in [2.45, 2.75) is 25.0 Å². The topological polar surface area (TPSA) is 44.5 Å². The molecular formula is C14H21NO2S.